The number of ether oxygens (including phenoxy) is 3. The number of rotatable bonds is 3. The van der Waals surface area contributed by atoms with Gasteiger partial charge in [-0.1, -0.05) is 6.07 Å². The standard InChI is InChI=1S/C14H19NO3/c1-16-14(5-2-6-14)13(15)10-3-4-11-12(9-10)18-8-7-17-11/h3-4,9,13H,2,5-8,15H2,1H3. The van der Waals surface area contributed by atoms with Gasteiger partial charge in [-0.25, -0.2) is 0 Å². The largest absolute Gasteiger partial charge is 0.486 e. The van der Waals surface area contributed by atoms with Gasteiger partial charge in [0.25, 0.3) is 0 Å². The summed E-state index contributed by atoms with van der Waals surface area (Å²) in [5.41, 5.74) is 7.22. The van der Waals surface area contributed by atoms with Crippen LogP contribution in [0.1, 0.15) is 30.9 Å². The van der Waals surface area contributed by atoms with Gasteiger partial charge in [0.2, 0.25) is 0 Å². The Hall–Kier alpha value is -1.26. The van der Waals surface area contributed by atoms with Crippen molar-refractivity contribution in [2.75, 3.05) is 20.3 Å². The molecular weight excluding hydrogens is 230 g/mol. The summed E-state index contributed by atoms with van der Waals surface area (Å²) in [5.74, 6) is 1.59. The van der Waals surface area contributed by atoms with Crippen LogP contribution in [0.5, 0.6) is 11.5 Å². The molecule has 1 unspecified atom stereocenters. The zero-order valence-corrected chi connectivity index (χ0v) is 10.6. The Bertz CT molecular complexity index is 437. The first-order chi connectivity index (χ1) is 8.75. The van der Waals surface area contributed by atoms with Gasteiger partial charge in [-0.15, -0.1) is 0 Å². The van der Waals surface area contributed by atoms with Crippen molar-refractivity contribution >= 4 is 0 Å². The van der Waals surface area contributed by atoms with Gasteiger partial charge in [0.05, 0.1) is 11.6 Å². The van der Waals surface area contributed by atoms with Crippen LogP contribution < -0.4 is 15.2 Å². The van der Waals surface area contributed by atoms with Crippen LogP contribution in [0.2, 0.25) is 0 Å². The fourth-order valence-corrected chi connectivity index (χ4v) is 2.72. The fourth-order valence-electron chi connectivity index (χ4n) is 2.72. The van der Waals surface area contributed by atoms with Crippen molar-refractivity contribution in [3.8, 4) is 11.5 Å². The van der Waals surface area contributed by atoms with Gasteiger partial charge < -0.3 is 19.9 Å². The number of benzene rings is 1. The van der Waals surface area contributed by atoms with Crippen LogP contribution in [-0.4, -0.2) is 25.9 Å². The Labute approximate surface area is 107 Å². The third-order valence-corrected chi connectivity index (χ3v) is 4.10. The molecule has 1 aromatic carbocycles. The van der Waals surface area contributed by atoms with E-state index in [9.17, 15) is 0 Å². The lowest BCUT2D eigenvalue weighted by molar-refractivity contribution is -0.0912. The molecular formula is C14H19NO3. The summed E-state index contributed by atoms with van der Waals surface area (Å²) >= 11 is 0. The van der Waals surface area contributed by atoms with E-state index < -0.39 is 0 Å². The van der Waals surface area contributed by atoms with Crippen molar-refractivity contribution in [1.29, 1.82) is 0 Å². The second-order valence-corrected chi connectivity index (χ2v) is 5.00. The number of hydrogen-bond acceptors (Lipinski definition) is 4. The molecule has 18 heavy (non-hydrogen) atoms. The molecule has 2 aliphatic rings. The molecule has 1 atom stereocenters. The monoisotopic (exact) mass is 249 g/mol. The van der Waals surface area contributed by atoms with Crippen molar-refractivity contribution < 1.29 is 14.2 Å². The highest BCUT2D eigenvalue weighted by Crippen LogP contribution is 2.45. The minimum atomic E-state index is -0.191. The van der Waals surface area contributed by atoms with Crippen LogP contribution in [-0.2, 0) is 4.74 Å². The first kappa shape index (κ1) is 11.8. The predicted molar refractivity (Wildman–Crippen MR) is 68.0 cm³/mol. The Morgan fingerprint density at radius 3 is 2.56 bits per heavy atom. The highest BCUT2D eigenvalue weighted by molar-refractivity contribution is 5.45. The third-order valence-electron chi connectivity index (χ3n) is 4.10. The lowest BCUT2D eigenvalue weighted by atomic mass is 9.72. The molecule has 1 heterocycles. The molecule has 1 aromatic rings. The van der Waals surface area contributed by atoms with E-state index in [-0.39, 0.29) is 11.6 Å². The van der Waals surface area contributed by atoms with E-state index in [4.69, 9.17) is 19.9 Å². The molecule has 0 aromatic heterocycles. The normalized spacial score (nSPS) is 22.1. The highest BCUT2D eigenvalue weighted by atomic mass is 16.6. The minimum Gasteiger partial charge on any atom is -0.486 e. The highest BCUT2D eigenvalue weighted by Gasteiger charge is 2.43. The van der Waals surface area contributed by atoms with Crippen LogP contribution in [0.4, 0.5) is 0 Å². The summed E-state index contributed by atoms with van der Waals surface area (Å²) in [5, 5.41) is 0. The maximum atomic E-state index is 6.36. The average molecular weight is 249 g/mol. The van der Waals surface area contributed by atoms with E-state index in [0.29, 0.717) is 13.2 Å². The molecule has 0 spiro atoms. The Morgan fingerprint density at radius 1 is 1.22 bits per heavy atom. The fraction of sp³-hybridized carbons (Fsp3) is 0.571. The Morgan fingerprint density at radius 2 is 1.94 bits per heavy atom. The maximum Gasteiger partial charge on any atom is 0.161 e. The summed E-state index contributed by atoms with van der Waals surface area (Å²) in [4.78, 5) is 0. The molecule has 1 fully saturated rings. The third kappa shape index (κ3) is 1.76. The molecule has 4 nitrogen and oxygen atoms in total. The van der Waals surface area contributed by atoms with E-state index >= 15 is 0 Å². The van der Waals surface area contributed by atoms with E-state index in [0.717, 1.165) is 29.9 Å². The van der Waals surface area contributed by atoms with Crippen LogP contribution in [0.3, 0.4) is 0 Å². The Kier molecular flexibility index (Phi) is 2.92. The van der Waals surface area contributed by atoms with Gasteiger partial charge in [0.15, 0.2) is 11.5 Å². The van der Waals surface area contributed by atoms with E-state index in [1.54, 1.807) is 7.11 Å². The smallest absolute Gasteiger partial charge is 0.161 e. The van der Waals surface area contributed by atoms with E-state index in [1.807, 2.05) is 18.2 Å². The van der Waals surface area contributed by atoms with Crippen molar-refractivity contribution in [1.82, 2.24) is 0 Å². The van der Waals surface area contributed by atoms with Crippen molar-refractivity contribution in [3.05, 3.63) is 23.8 Å². The minimum absolute atomic E-state index is 0.105. The topological polar surface area (TPSA) is 53.7 Å². The maximum absolute atomic E-state index is 6.36. The number of methoxy groups -OCH3 is 1. The summed E-state index contributed by atoms with van der Waals surface area (Å²) in [6.45, 7) is 1.21. The summed E-state index contributed by atoms with van der Waals surface area (Å²) < 4.78 is 16.7. The number of nitrogens with two attached hydrogens (primary N) is 1. The summed E-state index contributed by atoms with van der Waals surface area (Å²) in [6, 6.07) is 5.83. The lowest BCUT2D eigenvalue weighted by Crippen LogP contribution is -2.48. The molecule has 0 saturated heterocycles. The first-order valence-electron chi connectivity index (χ1n) is 6.45. The Balaban J connectivity index is 1.87. The van der Waals surface area contributed by atoms with E-state index in [2.05, 4.69) is 0 Å². The summed E-state index contributed by atoms with van der Waals surface area (Å²) in [6.07, 6.45) is 3.24. The van der Waals surface area contributed by atoms with Gasteiger partial charge in [-0.3, -0.25) is 0 Å². The predicted octanol–water partition coefficient (Wildman–Crippen LogP) is 2.03. The average Bonchev–Trinajstić information content (AvgIpc) is 2.37. The van der Waals surface area contributed by atoms with Gasteiger partial charge >= 0.3 is 0 Å². The number of hydrogen-bond donors (Lipinski definition) is 1. The molecule has 1 aliphatic carbocycles. The second-order valence-electron chi connectivity index (χ2n) is 5.00. The van der Waals surface area contributed by atoms with Crippen molar-refractivity contribution in [2.24, 2.45) is 5.73 Å². The molecule has 0 radical (unpaired) electrons. The lowest BCUT2D eigenvalue weighted by Gasteiger charge is -2.45. The molecule has 4 heteroatoms. The molecule has 1 aliphatic heterocycles. The van der Waals surface area contributed by atoms with Crippen LogP contribution in [0.25, 0.3) is 0 Å². The van der Waals surface area contributed by atoms with Crippen molar-refractivity contribution in [3.63, 3.8) is 0 Å². The second kappa shape index (κ2) is 4.44. The molecule has 1 saturated carbocycles. The molecule has 98 valence electrons. The van der Waals surface area contributed by atoms with Crippen LogP contribution in [0.15, 0.2) is 18.2 Å². The van der Waals surface area contributed by atoms with Crippen molar-refractivity contribution in [2.45, 2.75) is 30.9 Å². The first-order valence-corrected chi connectivity index (χ1v) is 6.45. The van der Waals surface area contributed by atoms with Gasteiger partial charge in [-0.05, 0) is 37.0 Å². The van der Waals surface area contributed by atoms with Crippen LogP contribution in [0, 0.1) is 0 Å². The molecule has 3 rings (SSSR count). The quantitative estimate of drug-likeness (QED) is 0.890. The molecule has 0 bridgehead atoms. The summed E-state index contributed by atoms with van der Waals surface area (Å²) in [7, 11) is 1.75. The zero-order valence-electron chi connectivity index (χ0n) is 10.6. The zero-order chi connectivity index (χ0) is 12.6. The van der Waals surface area contributed by atoms with Gasteiger partial charge in [0.1, 0.15) is 13.2 Å². The van der Waals surface area contributed by atoms with Crippen LogP contribution >= 0.6 is 0 Å². The van der Waals surface area contributed by atoms with Gasteiger partial charge in [0, 0.05) is 7.11 Å². The molecule has 0 amide bonds. The SMILES string of the molecule is COC1(C(N)c2ccc3c(c2)OCCO3)CCC1. The molecule has 2 N–H and O–H groups in total. The van der Waals surface area contributed by atoms with Gasteiger partial charge in [-0.2, -0.15) is 0 Å². The van der Waals surface area contributed by atoms with E-state index in [1.165, 1.54) is 6.42 Å². The number of fused-ring (bicyclic) bond motifs is 1.